The lowest BCUT2D eigenvalue weighted by Crippen LogP contribution is -2.60. The predicted molar refractivity (Wildman–Crippen MR) is 149 cm³/mol. The van der Waals surface area contributed by atoms with E-state index in [1.165, 1.54) is 39.7 Å². The molecule has 15 heteroatoms. The number of hydrogen-bond donors (Lipinski definition) is 6. The number of aliphatic hydroxyl groups is 6. The van der Waals surface area contributed by atoms with E-state index in [2.05, 4.69) is 0 Å². The van der Waals surface area contributed by atoms with Gasteiger partial charge in [-0.2, -0.15) is 0 Å². The third kappa shape index (κ3) is 5.81. The van der Waals surface area contributed by atoms with Crippen molar-refractivity contribution < 1.29 is 68.2 Å². The molecule has 8 atom stereocenters. The highest BCUT2D eigenvalue weighted by Crippen LogP contribution is 2.36. The molecule has 0 bridgehead atoms. The first-order valence-electron chi connectivity index (χ1n) is 13.5. The smallest absolute Gasteiger partial charge is 0.229 e. The first-order valence-corrected chi connectivity index (χ1v) is 13.5. The Morgan fingerprint density at radius 3 is 2.25 bits per heavy atom. The average molecular weight is 623 g/mol. The van der Waals surface area contributed by atoms with Gasteiger partial charge in [0.15, 0.2) is 29.3 Å². The molecule has 5 rings (SSSR count). The van der Waals surface area contributed by atoms with Crippen molar-refractivity contribution in [3.05, 3.63) is 46.8 Å². The molecule has 44 heavy (non-hydrogen) atoms. The number of aliphatic hydroxyl groups excluding tert-OH is 5. The van der Waals surface area contributed by atoms with Crippen LogP contribution in [-0.4, -0.2) is 120 Å². The zero-order valence-electron chi connectivity index (χ0n) is 24.0. The molecule has 2 aromatic carbocycles. The molecule has 0 radical (unpaired) electrons. The Hall–Kier alpha value is -3.51. The lowest BCUT2D eigenvalue weighted by atomic mass is 9.99. The summed E-state index contributed by atoms with van der Waals surface area (Å²) in [6.45, 7) is -1.64. The summed E-state index contributed by atoms with van der Waals surface area (Å²) in [5, 5.41) is 61.4. The van der Waals surface area contributed by atoms with Gasteiger partial charge in [0.2, 0.25) is 11.7 Å². The fraction of sp³-hybridized carbons (Fsp3) is 0.483. The van der Waals surface area contributed by atoms with E-state index in [1.807, 2.05) is 0 Å². The largest absolute Gasteiger partial charge is 0.493 e. The molecular formula is C29H34O15. The van der Waals surface area contributed by atoms with Crippen LogP contribution in [0.2, 0.25) is 0 Å². The third-order valence-electron chi connectivity index (χ3n) is 7.67. The molecule has 0 spiro atoms. The predicted octanol–water partition coefficient (Wildman–Crippen LogP) is -0.871. The van der Waals surface area contributed by atoms with Gasteiger partial charge >= 0.3 is 0 Å². The molecule has 2 aliphatic heterocycles. The summed E-state index contributed by atoms with van der Waals surface area (Å²) in [5.74, 6) is 0.967. The van der Waals surface area contributed by atoms with Gasteiger partial charge in [-0.25, -0.2) is 0 Å². The van der Waals surface area contributed by atoms with E-state index in [-0.39, 0.29) is 33.5 Å². The molecule has 1 aromatic heterocycles. The van der Waals surface area contributed by atoms with Gasteiger partial charge in [-0.05, 0) is 23.8 Å². The van der Waals surface area contributed by atoms with E-state index in [1.54, 1.807) is 18.2 Å². The van der Waals surface area contributed by atoms with Crippen LogP contribution in [-0.2, 0) is 14.2 Å². The molecule has 0 amide bonds. The summed E-state index contributed by atoms with van der Waals surface area (Å²) < 4.78 is 43.9. The molecule has 2 aliphatic rings. The molecule has 240 valence electrons. The molecule has 2 saturated heterocycles. The van der Waals surface area contributed by atoms with E-state index in [0.29, 0.717) is 17.1 Å². The van der Waals surface area contributed by atoms with Crippen molar-refractivity contribution in [2.45, 2.75) is 48.7 Å². The minimum Gasteiger partial charge on any atom is -0.493 e. The first kappa shape index (κ1) is 31.9. The van der Waals surface area contributed by atoms with E-state index < -0.39 is 68.5 Å². The van der Waals surface area contributed by atoms with Crippen molar-refractivity contribution in [1.82, 2.24) is 0 Å². The SMILES string of the molecule is COc1ccc(-c2coc3cc(OC4OC(COC5OCC(O)(CO)C5O)C(O)C(O)C4O)c(OC)cc3c2=O)cc1OC. The molecule has 8 unspecified atom stereocenters. The van der Waals surface area contributed by atoms with Gasteiger partial charge in [0.1, 0.15) is 48.0 Å². The van der Waals surface area contributed by atoms with Crippen molar-refractivity contribution in [3.63, 3.8) is 0 Å². The summed E-state index contributed by atoms with van der Waals surface area (Å²) in [4.78, 5) is 13.5. The second kappa shape index (κ2) is 12.8. The van der Waals surface area contributed by atoms with E-state index in [4.69, 9.17) is 37.6 Å². The number of rotatable bonds is 10. The maximum absolute atomic E-state index is 13.5. The molecule has 0 saturated carbocycles. The first-order chi connectivity index (χ1) is 21.0. The Kier molecular flexibility index (Phi) is 9.31. The Morgan fingerprint density at radius 2 is 1.59 bits per heavy atom. The van der Waals surface area contributed by atoms with Gasteiger partial charge in [-0.15, -0.1) is 0 Å². The second-order valence-corrected chi connectivity index (χ2v) is 10.4. The lowest BCUT2D eigenvalue weighted by molar-refractivity contribution is -0.289. The third-order valence-corrected chi connectivity index (χ3v) is 7.67. The number of ether oxygens (including phenoxy) is 7. The molecule has 3 heterocycles. The van der Waals surface area contributed by atoms with Crippen LogP contribution < -0.4 is 24.4 Å². The zero-order valence-corrected chi connectivity index (χ0v) is 24.0. The molecule has 6 N–H and O–H groups in total. The Bertz CT molecular complexity index is 1520. The summed E-state index contributed by atoms with van der Waals surface area (Å²) >= 11 is 0. The van der Waals surface area contributed by atoms with Crippen molar-refractivity contribution in [2.24, 2.45) is 0 Å². The molecule has 3 aromatic rings. The van der Waals surface area contributed by atoms with Crippen LogP contribution in [0.1, 0.15) is 0 Å². The minimum atomic E-state index is -1.93. The van der Waals surface area contributed by atoms with E-state index in [9.17, 15) is 35.4 Å². The Morgan fingerprint density at radius 1 is 0.886 bits per heavy atom. The molecule has 2 fully saturated rings. The van der Waals surface area contributed by atoms with Crippen LogP contribution in [0.4, 0.5) is 0 Å². The van der Waals surface area contributed by atoms with Crippen LogP contribution in [0.5, 0.6) is 23.0 Å². The number of fused-ring (bicyclic) bond motifs is 1. The van der Waals surface area contributed by atoms with Crippen LogP contribution >= 0.6 is 0 Å². The minimum absolute atomic E-state index is 0.0168. The summed E-state index contributed by atoms with van der Waals surface area (Å²) in [6.07, 6.45) is -9.63. The average Bonchev–Trinajstić information content (AvgIpc) is 3.33. The van der Waals surface area contributed by atoms with Crippen LogP contribution in [0, 0.1) is 0 Å². The normalized spacial score (nSPS) is 30.3. The maximum atomic E-state index is 13.5. The quantitative estimate of drug-likeness (QED) is 0.162. The highest BCUT2D eigenvalue weighted by molar-refractivity contribution is 5.85. The van der Waals surface area contributed by atoms with Crippen LogP contribution in [0.25, 0.3) is 22.1 Å². The van der Waals surface area contributed by atoms with E-state index >= 15 is 0 Å². The molecule has 15 nitrogen and oxygen atoms in total. The topological polar surface area (TPSA) is 216 Å². The summed E-state index contributed by atoms with van der Waals surface area (Å²) in [6, 6.07) is 7.72. The fourth-order valence-corrected chi connectivity index (χ4v) is 4.99. The number of benzene rings is 2. The van der Waals surface area contributed by atoms with Crippen molar-refractivity contribution >= 4 is 11.0 Å². The highest BCUT2D eigenvalue weighted by Gasteiger charge is 2.50. The number of hydrogen-bond acceptors (Lipinski definition) is 15. The van der Waals surface area contributed by atoms with Gasteiger partial charge in [-0.3, -0.25) is 4.79 Å². The van der Waals surface area contributed by atoms with Gasteiger partial charge in [0.05, 0.1) is 52.1 Å². The Labute approximate surface area is 250 Å². The van der Waals surface area contributed by atoms with Gasteiger partial charge in [0.25, 0.3) is 0 Å². The van der Waals surface area contributed by atoms with Crippen LogP contribution in [0.3, 0.4) is 0 Å². The Balaban J connectivity index is 1.37. The molecule has 0 aliphatic carbocycles. The summed E-state index contributed by atoms with van der Waals surface area (Å²) in [7, 11) is 4.31. The number of methoxy groups -OCH3 is 3. The highest BCUT2D eigenvalue weighted by atomic mass is 16.7. The van der Waals surface area contributed by atoms with Crippen molar-refractivity contribution in [2.75, 3.05) is 41.2 Å². The maximum Gasteiger partial charge on any atom is 0.229 e. The van der Waals surface area contributed by atoms with Gasteiger partial charge in [0, 0.05) is 6.07 Å². The summed E-state index contributed by atoms with van der Waals surface area (Å²) in [5.41, 5.74) is -1.42. The standard InChI is InChI=1S/C29H34O15/c1-37-16-5-4-13(6-18(16)38-2)15-9-40-17-8-20(19(39-3)7-14(17)22(15)31)43-27-25(34)24(33)23(32)21(44-27)10-41-28-26(35)29(36,11-30)12-42-28/h4-9,21,23-28,30,32-36H,10-12H2,1-3H3. The fourth-order valence-electron chi connectivity index (χ4n) is 4.99. The monoisotopic (exact) mass is 622 g/mol. The van der Waals surface area contributed by atoms with Crippen molar-refractivity contribution in [1.29, 1.82) is 0 Å². The van der Waals surface area contributed by atoms with E-state index in [0.717, 1.165) is 0 Å². The van der Waals surface area contributed by atoms with Crippen molar-refractivity contribution in [3.8, 4) is 34.1 Å². The van der Waals surface area contributed by atoms with Gasteiger partial charge < -0.3 is 68.2 Å². The zero-order chi connectivity index (χ0) is 31.8. The second-order valence-electron chi connectivity index (χ2n) is 10.4. The van der Waals surface area contributed by atoms with Crippen LogP contribution in [0.15, 0.2) is 45.8 Å². The molecular weight excluding hydrogens is 588 g/mol. The lowest BCUT2D eigenvalue weighted by Gasteiger charge is -2.40. The van der Waals surface area contributed by atoms with Gasteiger partial charge in [-0.1, -0.05) is 6.07 Å².